The van der Waals surface area contributed by atoms with Gasteiger partial charge in [0.25, 0.3) is 5.91 Å². The van der Waals surface area contributed by atoms with Gasteiger partial charge in [0.05, 0.1) is 16.2 Å². The molecule has 1 aliphatic rings. The van der Waals surface area contributed by atoms with E-state index < -0.39 is 0 Å². The van der Waals surface area contributed by atoms with Crippen molar-refractivity contribution in [3.8, 4) is 0 Å². The van der Waals surface area contributed by atoms with E-state index in [1.807, 2.05) is 30.9 Å². The van der Waals surface area contributed by atoms with Crippen molar-refractivity contribution in [3.05, 3.63) is 29.1 Å². The first-order chi connectivity index (χ1) is 9.33. The first-order valence-corrected chi connectivity index (χ1v) is 7.28. The van der Waals surface area contributed by atoms with Crippen LogP contribution in [0.1, 0.15) is 41.5 Å². The Hall–Kier alpha value is -1.49. The number of aryl methyl sites for hydroxylation is 2. The maximum Gasteiger partial charge on any atom is 0.255 e. The molecule has 2 N–H and O–H groups in total. The fraction of sp³-hybridized carbons (Fsp3) is 0.533. The molecule has 108 valence electrons. The molecule has 0 bridgehead atoms. The number of carbonyl (C=O) groups is 1. The number of nitrogens with two attached hydrogens (primary N) is 1. The number of thiocarbonyl (C=S) groups is 1. The summed E-state index contributed by atoms with van der Waals surface area (Å²) in [5.41, 5.74) is 8.08. The number of amides is 1. The van der Waals surface area contributed by atoms with Gasteiger partial charge in [0, 0.05) is 24.2 Å². The van der Waals surface area contributed by atoms with Gasteiger partial charge in [0.15, 0.2) is 0 Å². The number of piperidine rings is 1. The summed E-state index contributed by atoms with van der Waals surface area (Å²) in [6.07, 6.45) is 1.65. The first-order valence-electron chi connectivity index (χ1n) is 6.87. The molecule has 1 fully saturated rings. The molecule has 1 aromatic heterocycles. The van der Waals surface area contributed by atoms with Crippen molar-refractivity contribution < 1.29 is 4.79 Å². The van der Waals surface area contributed by atoms with Crippen LogP contribution in [0.3, 0.4) is 0 Å². The third-order valence-electron chi connectivity index (χ3n) is 4.20. The summed E-state index contributed by atoms with van der Waals surface area (Å²) in [7, 11) is 0. The minimum atomic E-state index is -0.118. The molecule has 1 amide bonds. The zero-order valence-electron chi connectivity index (χ0n) is 12.3. The van der Waals surface area contributed by atoms with Gasteiger partial charge in [0.1, 0.15) is 0 Å². The third-order valence-corrected chi connectivity index (χ3v) is 4.70. The van der Waals surface area contributed by atoms with Crippen LogP contribution in [0.5, 0.6) is 0 Å². The lowest BCUT2D eigenvalue weighted by Gasteiger charge is -2.38. The van der Waals surface area contributed by atoms with E-state index >= 15 is 0 Å². The predicted octanol–water partition coefficient (Wildman–Crippen LogP) is 2.23. The van der Waals surface area contributed by atoms with Gasteiger partial charge < -0.3 is 10.6 Å². The molecule has 0 atom stereocenters. The molecule has 2 rings (SSSR count). The van der Waals surface area contributed by atoms with Gasteiger partial charge in [-0.25, -0.2) is 0 Å². The van der Waals surface area contributed by atoms with Crippen molar-refractivity contribution in [2.45, 2.75) is 33.6 Å². The van der Waals surface area contributed by atoms with Crippen LogP contribution in [0.2, 0.25) is 0 Å². The van der Waals surface area contributed by atoms with Gasteiger partial charge in [-0.3, -0.25) is 9.78 Å². The molecule has 0 saturated carbocycles. The Morgan fingerprint density at radius 3 is 2.45 bits per heavy atom. The summed E-state index contributed by atoms with van der Waals surface area (Å²) in [6.45, 7) is 7.27. The van der Waals surface area contributed by atoms with Gasteiger partial charge in [-0.15, -0.1) is 0 Å². The lowest BCUT2D eigenvalue weighted by atomic mass is 9.80. The number of rotatable bonds is 2. The smallest absolute Gasteiger partial charge is 0.255 e. The first kappa shape index (κ1) is 14.9. The van der Waals surface area contributed by atoms with E-state index in [-0.39, 0.29) is 11.3 Å². The second-order valence-electron chi connectivity index (χ2n) is 5.80. The summed E-state index contributed by atoms with van der Waals surface area (Å²) >= 11 is 5.13. The summed E-state index contributed by atoms with van der Waals surface area (Å²) in [5, 5.41) is 0. The normalized spacial score (nSPS) is 17.9. The topological polar surface area (TPSA) is 59.2 Å². The van der Waals surface area contributed by atoms with E-state index in [4.69, 9.17) is 18.0 Å². The lowest BCUT2D eigenvalue weighted by molar-refractivity contribution is 0.0669. The molecule has 0 aliphatic carbocycles. The molecule has 0 spiro atoms. The van der Waals surface area contributed by atoms with Crippen molar-refractivity contribution in [2.75, 3.05) is 13.1 Å². The second kappa shape index (κ2) is 5.48. The standard InChI is InChI=1S/C15H21N3OS/c1-10-4-5-12(11(2)17-10)13(19)18-8-6-15(3,7-9-18)14(16)20/h4-5H,6-9H2,1-3H3,(H2,16,20). The van der Waals surface area contributed by atoms with Crippen LogP contribution in [0.25, 0.3) is 0 Å². The second-order valence-corrected chi connectivity index (χ2v) is 6.24. The Balaban J connectivity index is 2.11. The van der Waals surface area contributed by atoms with Crippen LogP contribution in [-0.2, 0) is 0 Å². The highest BCUT2D eigenvalue weighted by Gasteiger charge is 2.34. The zero-order valence-corrected chi connectivity index (χ0v) is 13.1. The highest BCUT2D eigenvalue weighted by molar-refractivity contribution is 7.80. The molecule has 1 aromatic rings. The fourth-order valence-electron chi connectivity index (χ4n) is 2.53. The van der Waals surface area contributed by atoms with E-state index in [2.05, 4.69) is 11.9 Å². The van der Waals surface area contributed by atoms with Gasteiger partial charge >= 0.3 is 0 Å². The van der Waals surface area contributed by atoms with E-state index in [0.717, 1.165) is 24.2 Å². The Morgan fingerprint density at radius 1 is 1.35 bits per heavy atom. The number of hydrogen-bond donors (Lipinski definition) is 1. The van der Waals surface area contributed by atoms with E-state index in [0.29, 0.717) is 23.6 Å². The number of hydrogen-bond acceptors (Lipinski definition) is 3. The number of carbonyl (C=O) groups excluding carboxylic acids is 1. The van der Waals surface area contributed by atoms with Gasteiger partial charge in [-0.05, 0) is 38.8 Å². The van der Waals surface area contributed by atoms with Crippen LogP contribution in [-0.4, -0.2) is 33.9 Å². The molecule has 0 aromatic carbocycles. The number of nitrogens with zero attached hydrogens (tertiary/aromatic N) is 2. The minimum Gasteiger partial charge on any atom is -0.393 e. The highest BCUT2D eigenvalue weighted by atomic mass is 32.1. The molecule has 1 saturated heterocycles. The molecule has 4 nitrogen and oxygen atoms in total. The molecule has 20 heavy (non-hydrogen) atoms. The van der Waals surface area contributed by atoms with Crippen LogP contribution < -0.4 is 5.73 Å². The number of likely N-dealkylation sites (tertiary alicyclic amines) is 1. The predicted molar refractivity (Wildman–Crippen MR) is 83.7 cm³/mol. The van der Waals surface area contributed by atoms with Gasteiger partial charge in [-0.1, -0.05) is 19.1 Å². The van der Waals surface area contributed by atoms with Crippen LogP contribution in [0, 0.1) is 19.3 Å². The maximum atomic E-state index is 12.5. The average molecular weight is 291 g/mol. The molecule has 1 aliphatic heterocycles. The largest absolute Gasteiger partial charge is 0.393 e. The number of aromatic nitrogens is 1. The fourth-order valence-corrected chi connectivity index (χ4v) is 2.74. The Labute approximate surface area is 125 Å². The Bertz CT molecular complexity index is 548. The van der Waals surface area contributed by atoms with Crippen LogP contribution >= 0.6 is 12.2 Å². The van der Waals surface area contributed by atoms with Crippen LogP contribution in [0.4, 0.5) is 0 Å². The van der Waals surface area contributed by atoms with Gasteiger partial charge in [-0.2, -0.15) is 0 Å². The summed E-state index contributed by atoms with van der Waals surface area (Å²) in [5.74, 6) is 0.0555. The van der Waals surface area contributed by atoms with Crippen molar-refractivity contribution in [3.63, 3.8) is 0 Å². The summed E-state index contributed by atoms with van der Waals surface area (Å²) in [4.78, 5) is 19.3. The van der Waals surface area contributed by atoms with E-state index in [1.165, 1.54) is 0 Å². The quantitative estimate of drug-likeness (QED) is 0.849. The van der Waals surface area contributed by atoms with Crippen molar-refractivity contribution >= 4 is 23.1 Å². The van der Waals surface area contributed by atoms with Crippen molar-refractivity contribution in [1.82, 2.24) is 9.88 Å². The molecular formula is C15H21N3OS. The summed E-state index contributed by atoms with van der Waals surface area (Å²) < 4.78 is 0. The lowest BCUT2D eigenvalue weighted by Crippen LogP contribution is -2.46. The monoisotopic (exact) mass is 291 g/mol. The van der Waals surface area contributed by atoms with E-state index in [1.54, 1.807) is 0 Å². The van der Waals surface area contributed by atoms with Crippen molar-refractivity contribution in [2.24, 2.45) is 11.1 Å². The van der Waals surface area contributed by atoms with Crippen molar-refractivity contribution in [1.29, 1.82) is 0 Å². The molecule has 0 unspecified atom stereocenters. The summed E-state index contributed by atoms with van der Waals surface area (Å²) in [6, 6.07) is 3.74. The molecule has 2 heterocycles. The SMILES string of the molecule is Cc1ccc(C(=O)N2CCC(C)(C(N)=S)CC2)c(C)n1. The maximum absolute atomic E-state index is 12.5. The van der Waals surface area contributed by atoms with E-state index in [9.17, 15) is 4.79 Å². The zero-order chi connectivity index (χ0) is 14.9. The highest BCUT2D eigenvalue weighted by Crippen LogP contribution is 2.31. The molecule has 0 radical (unpaired) electrons. The average Bonchev–Trinajstić information content (AvgIpc) is 2.38. The Kier molecular flexibility index (Phi) is 4.09. The third kappa shape index (κ3) is 2.82. The van der Waals surface area contributed by atoms with Crippen LogP contribution in [0.15, 0.2) is 12.1 Å². The minimum absolute atomic E-state index is 0.0555. The van der Waals surface area contributed by atoms with Gasteiger partial charge in [0.2, 0.25) is 0 Å². The molecular weight excluding hydrogens is 270 g/mol. The number of pyridine rings is 1. The molecule has 5 heteroatoms. The Morgan fingerprint density at radius 2 is 1.95 bits per heavy atom.